The Morgan fingerprint density at radius 3 is 1.70 bits per heavy atom. The minimum atomic E-state index is 0.733. The molecule has 5 heterocycles. The van der Waals surface area contributed by atoms with Gasteiger partial charge in [0.2, 0.25) is 0 Å². The molecule has 168 valence electrons. The Balaban J connectivity index is 0.000000187. The van der Waals surface area contributed by atoms with E-state index in [4.69, 9.17) is 14.2 Å². The highest BCUT2D eigenvalue weighted by atomic mass is 16.5. The molecular formula is C25H40N2O3. The molecule has 0 radical (unpaired) electrons. The molecule has 5 nitrogen and oxygen atoms in total. The number of hydrogen-bond acceptors (Lipinski definition) is 5. The average Bonchev–Trinajstić information content (AvgIpc) is 2.91. The summed E-state index contributed by atoms with van der Waals surface area (Å²) < 4.78 is 14.7. The van der Waals surface area contributed by atoms with Crippen molar-refractivity contribution < 1.29 is 14.2 Å². The Bertz CT molecular complexity index is 421. The fraction of sp³-hybridized carbons (Fsp3) is 0.520. The minimum Gasteiger partial charge on any atom is -0.502 e. The Labute approximate surface area is 183 Å². The largest absolute Gasteiger partial charge is 0.502 e. The van der Waals surface area contributed by atoms with Crippen molar-refractivity contribution in [3.8, 4) is 0 Å². The summed E-state index contributed by atoms with van der Waals surface area (Å²) in [6, 6.07) is 0. The van der Waals surface area contributed by atoms with Gasteiger partial charge in [0.15, 0.2) is 0 Å². The van der Waals surface area contributed by atoms with E-state index >= 15 is 0 Å². The number of hydrogen-bond donors (Lipinski definition) is 2. The van der Waals surface area contributed by atoms with Gasteiger partial charge in [-0.1, -0.05) is 36.5 Å². The Morgan fingerprint density at radius 2 is 1.53 bits per heavy atom. The van der Waals surface area contributed by atoms with Crippen LogP contribution >= 0.6 is 0 Å². The van der Waals surface area contributed by atoms with Gasteiger partial charge in [-0.3, -0.25) is 0 Å². The van der Waals surface area contributed by atoms with Crippen LogP contribution in [0.15, 0.2) is 73.4 Å². The lowest BCUT2D eigenvalue weighted by molar-refractivity contribution is 0.158. The van der Waals surface area contributed by atoms with Crippen molar-refractivity contribution in [2.45, 2.75) is 38.5 Å². The molecule has 5 rings (SSSR count). The lowest BCUT2D eigenvalue weighted by Gasteiger charge is -2.02. The Morgan fingerprint density at radius 1 is 0.600 bits per heavy atom. The van der Waals surface area contributed by atoms with Crippen molar-refractivity contribution in [1.82, 2.24) is 10.6 Å². The average molecular weight is 417 g/mol. The molecule has 5 aliphatic rings. The fourth-order valence-electron chi connectivity index (χ4n) is 2.47. The molecule has 0 saturated heterocycles. The number of rotatable bonds is 0. The van der Waals surface area contributed by atoms with Gasteiger partial charge in [-0.2, -0.15) is 0 Å². The van der Waals surface area contributed by atoms with Crippen LogP contribution in [0.25, 0.3) is 0 Å². The van der Waals surface area contributed by atoms with E-state index in [2.05, 4.69) is 34.9 Å². The van der Waals surface area contributed by atoms with Crippen LogP contribution in [-0.4, -0.2) is 46.1 Å². The summed E-state index contributed by atoms with van der Waals surface area (Å²) in [5.74, 6) is 0. The maximum Gasteiger partial charge on any atom is 0.106 e. The van der Waals surface area contributed by atoms with E-state index in [0.29, 0.717) is 0 Å². The molecule has 0 aromatic carbocycles. The highest BCUT2D eigenvalue weighted by molar-refractivity contribution is 5.03. The third kappa shape index (κ3) is 20.5. The Hall–Kier alpha value is -2.24. The van der Waals surface area contributed by atoms with Crippen LogP contribution in [0.4, 0.5) is 0 Å². The van der Waals surface area contributed by atoms with Crippen molar-refractivity contribution in [3.63, 3.8) is 0 Å². The molecule has 2 N–H and O–H groups in total. The maximum atomic E-state index is 4.98. The molecular weight excluding hydrogens is 376 g/mol. The van der Waals surface area contributed by atoms with E-state index in [9.17, 15) is 0 Å². The van der Waals surface area contributed by atoms with Crippen molar-refractivity contribution in [3.05, 3.63) is 73.4 Å². The second kappa shape index (κ2) is 23.0. The molecule has 5 aliphatic heterocycles. The summed E-state index contributed by atoms with van der Waals surface area (Å²) in [6.07, 6.45) is 31.2. The van der Waals surface area contributed by atoms with Crippen molar-refractivity contribution in [2.24, 2.45) is 0 Å². The van der Waals surface area contributed by atoms with Crippen LogP contribution < -0.4 is 10.6 Å². The molecule has 0 aliphatic carbocycles. The summed E-state index contributed by atoms with van der Waals surface area (Å²) in [5, 5.41) is 6.30. The predicted molar refractivity (Wildman–Crippen MR) is 126 cm³/mol. The van der Waals surface area contributed by atoms with Gasteiger partial charge in [0, 0.05) is 13.1 Å². The molecule has 0 unspecified atom stereocenters. The standard InChI is InChI=1S/2C5H9N.2C5H8O.C5H6O/c5*1-2-4-6-5-3-1/h2,4,6H,1,3,5H2;1-2,6H,3-5H2;2,4H,1,3,5H2;1-2H,3-5H2;1-4H,5H2. The van der Waals surface area contributed by atoms with Crippen LogP contribution in [-0.2, 0) is 14.2 Å². The third-order valence-electron chi connectivity index (χ3n) is 4.09. The van der Waals surface area contributed by atoms with E-state index in [1.165, 1.54) is 32.1 Å². The molecule has 5 heteroatoms. The molecule has 0 aromatic rings. The first kappa shape index (κ1) is 25.8. The van der Waals surface area contributed by atoms with Crippen molar-refractivity contribution >= 4 is 0 Å². The topological polar surface area (TPSA) is 51.8 Å². The maximum absolute atomic E-state index is 4.98. The second-order valence-corrected chi connectivity index (χ2v) is 6.77. The zero-order valence-corrected chi connectivity index (χ0v) is 18.3. The molecule has 30 heavy (non-hydrogen) atoms. The Kier molecular flexibility index (Phi) is 19.8. The molecule has 0 saturated carbocycles. The first-order valence-corrected chi connectivity index (χ1v) is 11.2. The molecule has 0 amide bonds. The SMILES string of the molecule is C1=CCNCC1.C1=CCOC=C1.C1=CCOCC1.C1=CNCCC1.C1=COCCC1. The van der Waals surface area contributed by atoms with Gasteiger partial charge < -0.3 is 24.8 Å². The van der Waals surface area contributed by atoms with E-state index in [-0.39, 0.29) is 0 Å². The van der Waals surface area contributed by atoms with Gasteiger partial charge in [-0.15, -0.1) is 0 Å². The summed E-state index contributed by atoms with van der Waals surface area (Å²) in [4.78, 5) is 0. The van der Waals surface area contributed by atoms with Crippen LogP contribution in [0.1, 0.15) is 38.5 Å². The van der Waals surface area contributed by atoms with Crippen LogP contribution in [0.3, 0.4) is 0 Å². The van der Waals surface area contributed by atoms with Crippen LogP contribution in [0.2, 0.25) is 0 Å². The number of allylic oxidation sites excluding steroid dienone is 4. The summed E-state index contributed by atoms with van der Waals surface area (Å²) >= 11 is 0. The van der Waals surface area contributed by atoms with Crippen molar-refractivity contribution in [2.75, 3.05) is 46.1 Å². The van der Waals surface area contributed by atoms with E-state index < -0.39 is 0 Å². The lowest BCUT2D eigenvalue weighted by Crippen LogP contribution is -2.17. The quantitative estimate of drug-likeness (QED) is 0.557. The monoisotopic (exact) mass is 416 g/mol. The number of nitrogens with one attached hydrogen (secondary N) is 2. The first-order valence-electron chi connectivity index (χ1n) is 11.2. The molecule has 0 fully saturated rings. The highest BCUT2D eigenvalue weighted by Crippen LogP contribution is 1.98. The zero-order chi connectivity index (χ0) is 21.2. The lowest BCUT2D eigenvalue weighted by atomic mass is 10.2. The van der Waals surface area contributed by atoms with Gasteiger partial charge in [0.25, 0.3) is 0 Å². The molecule has 0 bridgehead atoms. The van der Waals surface area contributed by atoms with E-state index in [1.807, 2.05) is 36.6 Å². The fourth-order valence-corrected chi connectivity index (χ4v) is 2.47. The van der Waals surface area contributed by atoms with E-state index in [0.717, 1.165) is 52.5 Å². The summed E-state index contributed by atoms with van der Waals surface area (Å²) in [7, 11) is 0. The first-order chi connectivity index (χ1) is 15.0. The normalized spacial score (nSPS) is 20.0. The van der Waals surface area contributed by atoms with Crippen LogP contribution in [0.5, 0.6) is 0 Å². The zero-order valence-electron chi connectivity index (χ0n) is 18.3. The third-order valence-corrected chi connectivity index (χ3v) is 4.09. The smallest absolute Gasteiger partial charge is 0.106 e. The molecule has 0 spiro atoms. The van der Waals surface area contributed by atoms with Crippen LogP contribution in [0, 0.1) is 0 Å². The van der Waals surface area contributed by atoms with Crippen molar-refractivity contribution in [1.29, 1.82) is 0 Å². The number of ether oxygens (including phenoxy) is 3. The molecule has 0 aromatic heterocycles. The van der Waals surface area contributed by atoms with Gasteiger partial charge in [-0.25, -0.2) is 0 Å². The minimum absolute atomic E-state index is 0.733. The summed E-state index contributed by atoms with van der Waals surface area (Å²) in [6.45, 7) is 6.77. The highest BCUT2D eigenvalue weighted by Gasteiger charge is 1.87. The van der Waals surface area contributed by atoms with E-state index in [1.54, 1.807) is 12.5 Å². The van der Waals surface area contributed by atoms with Gasteiger partial charge >= 0.3 is 0 Å². The summed E-state index contributed by atoms with van der Waals surface area (Å²) in [5.41, 5.74) is 0. The second-order valence-electron chi connectivity index (χ2n) is 6.77. The van der Waals surface area contributed by atoms with Gasteiger partial charge in [-0.05, 0) is 69.5 Å². The van der Waals surface area contributed by atoms with Gasteiger partial charge in [0.05, 0.1) is 32.3 Å². The van der Waals surface area contributed by atoms with Gasteiger partial charge in [0.1, 0.15) is 6.61 Å². The predicted octanol–water partition coefficient (Wildman–Crippen LogP) is 4.78. The molecule has 0 atom stereocenters.